The lowest BCUT2D eigenvalue weighted by Crippen LogP contribution is -2.26. The molecule has 0 radical (unpaired) electrons. The Kier molecular flexibility index (Phi) is 3.57. The van der Waals surface area contributed by atoms with Gasteiger partial charge < -0.3 is 9.64 Å². The number of nitrogens with zero attached hydrogens (tertiary/aromatic N) is 1. The number of alkyl halides is 1. The highest BCUT2D eigenvalue weighted by atomic mass is 35.5. The number of rotatable bonds is 3. The normalized spacial score (nSPS) is 19.8. The highest BCUT2D eigenvalue weighted by molar-refractivity contribution is 6.18. The van der Waals surface area contributed by atoms with Crippen molar-refractivity contribution >= 4 is 23.2 Å². The molecule has 17 heavy (non-hydrogen) atoms. The van der Waals surface area contributed by atoms with Crippen LogP contribution in [0.4, 0.5) is 5.69 Å². The number of carbonyl (C=O) groups excluding carboxylic acids is 1. The van der Waals surface area contributed by atoms with E-state index in [2.05, 4.69) is 0 Å². The van der Waals surface area contributed by atoms with Gasteiger partial charge in [0.1, 0.15) is 5.75 Å². The molecule has 1 saturated heterocycles. The van der Waals surface area contributed by atoms with Crippen LogP contribution in [0.3, 0.4) is 0 Å². The van der Waals surface area contributed by atoms with Crippen LogP contribution in [0.5, 0.6) is 5.75 Å². The summed E-state index contributed by atoms with van der Waals surface area (Å²) in [5.74, 6) is 1.64. The number of halogens is 1. The SMILES string of the molecule is COc1cccc(C)c1N1CC(CCl)CC1=O. The van der Waals surface area contributed by atoms with E-state index in [9.17, 15) is 4.79 Å². The number of hydrogen-bond acceptors (Lipinski definition) is 2. The molecule has 0 aromatic heterocycles. The zero-order valence-corrected chi connectivity index (χ0v) is 10.8. The van der Waals surface area contributed by atoms with Crippen LogP contribution in [0.2, 0.25) is 0 Å². The average Bonchev–Trinajstić information content (AvgIpc) is 2.70. The third-order valence-electron chi connectivity index (χ3n) is 3.11. The lowest BCUT2D eigenvalue weighted by molar-refractivity contribution is -0.117. The number of para-hydroxylation sites is 1. The summed E-state index contributed by atoms with van der Waals surface area (Å²) in [5.41, 5.74) is 1.93. The molecule has 1 amide bonds. The monoisotopic (exact) mass is 253 g/mol. The van der Waals surface area contributed by atoms with Crippen LogP contribution in [0.15, 0.2) is 18.2 Å². The Balaban J connectivity index is 2.37. The average molecular weight is 254 g/mol. The summed E-state index contributed by atoms with van der Waals surface area (Å²) in [5, 5.41) is 0. The molecule has 1 aliphatic rings. The summed E-state index contributed by atoms with van der Waals surface area (Å²) in [6.07, 6.45) is 0.529. The van der Waals surface area contributed by atoms with Gasteiger partial charge in [-0.3, -0.25) is 4.79 Å². The molecule has 1 unspecified atom stereocenters. The fourth-order valence-electron chi connectivity index (χ4n) is 2.24. The van der Waals surface area contributed by atoms with Gasteiger partial charge in [-0.25, -0.2) is 0 Å². The zero-order chi connectivity index (χ0) is 12.4. The molecule has 3 nitrogen and oxygen atoms in total. The van der Waals surface area contributed by atoms with Gasteiger partial charge in [-0.1, -0.05) is 12.1 Å². The minimum Gasteiger partial charge on any atom is -0.495 e. The first-order chi connectivity index (χ1) is 8.17. The molecule has 0 N–H and O–H groups in total. The van der Waals surface area contributed by atoms with Crippen molar-refractivity contribution in [2.45, 2.75) is 13.3 Å². The first-order valence-electron chi connectivity index (χ1n) is 5.67. The van der Waals surface area contributed by atoms with Crippen LogP contribution in [-0.4, -0.2) is 25.4 Å². The summed E-state index contributed by atoms with van der Waals surface area (Å²) in [7, 11) is 1.62. The lowest BCUT2D eigenvalue weighted by Gasteiger charge is -2.21. The minimum atomic E-state index is 0.128. The van der Waals surface area contributed by atoms with E-state index < -0.39 is 0 Å². The fourth-order valence-corrected chi connectivity index (χ4v) is 2.45. The van der Waals surface area contributed by atoms with Crippen LogP contribution in [-0.2, 0) is 4.79 Å². The van der Waals surface area contributed by atoms with Crippen molar-refractivity contribution in [2.75, 3.05) is 24.4 Å². The first-order valence-corrected chi connectivity index (χ1v) is 6.20. The molecular weight excluding hydrogens is 238 g/mol. The third kappa shape index (κ3) is 2.25. The molecule has 1 aliphatic heterocycles. The lowest BCUT2D eigenvalue weighted by atomic mass is 10.1. The number of ether oxygens (including phenoxy) is 1. The Bertz CT molecular complexity index is 433. The molecule has 0 aliphatic carbocycles. The predicted molar refractivity (Wildman–Crippen MR) is 68.9 cm³/mol. The summed E-state index contributed by atoms with van der Waals surface area (Å²) >= 11 is 5.83. The number of aryl methyl sites for hydroxylation is 1. The highest BCUT2D eigenvalue weighted by Gasteiger charge is 2.32. The van der Waals surface area contributed by atoms with E-state index in [0.717, 1.165) is 17.0 Å². The van der Waals surface area contributed by atoms with Crippen LogP contribution in [0, 0.1) is 12.8 Å². The predicted octanol–water partition coefficient (Wildman–Crippen LogP) is 2.60. The van der Waals surface area contributed by atoms with Crippen molar-refractivity contribution in [3.05, 3.63) is 23.8 Å². The van der Waals surface area contributed by atoms with E-state index >= 15 is 0 Å². The summed E-state index contributed by atoms with van der Waals surface area (Å²) in [6.45, 7) is 2.67. The second-order valence-electron chi connectivity index (χ2n) is 4.35. The van der Waals surface area contributed by atoms with Crippen molar-refractivity contribution in [1.29, 1.82) is 0 Å². The summed E-state index contributed by atoms with van der Waals surface area (Å²) in [4.78, 5) is 13.8. The number of amides is 1. The Labute approximate surface area is 106 Å². The highest BCUT2D eigenvalue weighted by Crippen LogP contribution is 2.35. The van der Waals surface area contributed by atoms with Gasteiger partial charge in [0.25, 0.3) is 0 Å². The molecule has 1 aromatic carbocycles. The molecule has 0 bridgehead atoms. The van der Waals surface area contributed by atoms with Crippen LogP contribution < -0.4 is 9.64 Å². The molecule has 0 spiro atoms. The number of methoxy groups -OCH3 is 1. The molecule has 1 atom stereocenters. The summed E-state index contributed by atoms with van der Waals surface area (Å²) in [6, 6.07) is 5.79. The van der Waals surface area contributed by atoms with Crippen molar-refractivity contribution in [1.82, 2.24) is 0 Å². The molecule has 4 heteroatoms. The molecule has 1 fully saturated rings. The van der Waals surface area contributed by atoms with E-state index in [1.807, 2.05) is 25.1 Å². The van der Waals surface area contributed by atoms with E-state index in [4.69, 9.17) is 16.3 Å². The third-order valence-corrected chi connectivity index (χ3v) is 3.55. The van der Waals surface area contributed by atoms with E-state index in [1.165, 1.54) is 0 Å². The van der Waals surface area contributed by atoms with Crippen LogP contribution >= 0.6 is 11.6 Å². The number of anilines is 1. The van der Waals surface area contributed by atoms with Crippen molar-refractivity contribution in [3.63, 3.8) is 0 Å². The van der Waals surface area contributed by atoms with Gasteiger partial charge in [-0.2, -0.15) is 0 Å². The van der Waals surface area contributed by atoms with Gasteiger partial charge in [0.2, 0.25) is 5.91 Å². The largest absolute Gasteiger partial charge is 0.495 e. The Morgan fingerprint density at radius 3 is 2.88 bits per heavy atom. The smallest absolute Gasteiger partial charge is 0.227 e. The maximum atomic E-state index is 12.0. The van der Waals surface area contributed by atoms with Crippen molar-refractivity contribution in [2.24, 2.45) is 5.92 Å². The van der Waals surface area contributed by atoms with Gasteiger partial charge in [-0.05, 0) is 24.5 Å². The maximum Gasteiger partial charge on any atom is 0.227 e. The fraction of sp³-hybridized carbons (Fsp3) is 0.462. The number of hydrogen-bond donors (Lipinski definition) is 0. The van der Waals surface area contributed by atoms with Crippen LogP contribution in [0.1, 0.15) is 12.0 Å². The standard InChI is InChI=1S/C13H16ClNO2/c1-9-4-3-5-11(17-2)13(9)15-8-10(7-14)6-12(15)16/h3-5,10H,6-8H2,1-2H3. The molecule has 92 valence electrons. The number of benzene rings is 1. The molecule has 0 saturated carbocycles. The Hall–Kier alpha value is -1.22. The van der Waals surface area contributed by atoms with Crippen LogP contribution in [0.25, 0.3) is 0 Å². The van der Waals surface area contributed by atoms with Crippen molar-refractivity contribution in [3.8, 4) is 5.75 Å². The summed E-state index contributed by atoms with van der Waals surface area (Å²) < 4.78 is 5.33. The van der Waals surface area contributed by atoms with Gasteiger partial charge in [0.05, 0.1) is 12.8 Å². The molecule has 1 aromatic rings. The second kappa shape index (κ2) is 4.96. The first kappa shape index (κ1) is 12.2. The van der Waals surface area contributed by atoms with E-state index in [0.29, 0.717) is 18.8 Å². The molecule has 1 heterocycles. The second-order valence-corrected chi connectivity index (χ2v) is 4.66. The number of carbonyl (C=O) groups is 1. The van der Waals surface area contributed by atoms with Gasteiger partial charge in [0, 0.05) is 18.8 Å². The maximum absolute atomic E-state index is 12.0. The van der Waals surface area contributed by atoms with Gasteiger partial charge in [-0.15, -0.1) is 11.6 Å². The quantitative estimate of drug-likeness (QED) is 0.775. The molecule has 2 rings (SSSR count). The Morgan fingerprint density at radius 2 is 2.29 bits per heavy atom. The zero-order valence-electron chi connectivity index (χ0n) is 10.1. The van der Waals surface area contributed by atoms with Gasteiger partial charge in [0.15, 0.2) is 0 Å². The van der Waals surface area contributed by atoms with E-state index in [1.54, 1.807) is 12.0 Å². The topological polar surface area (TPSA) is 29.5 Å². The van der Waals surface area contributed by atoms with Crippen molar-refractivity contribution < 1.29 is 9.53 Å². The molecular formula is C13H16ClNO2. The Morgan fingerprint density at radius 1 is 1.53 bits per heavy atom. The van der Waals surface area contributed by atoms with Gasteiger partial charge >= 0.3 is 0 Å². The van der Waals surface area contributed by atoms with E-state index in [-0.39, 0.29) is 11.8 Å². The minimum absolute atomic E-state index is 0.128.